The lowest BCUT2D eigenvalue weighted by Crippen LogP contribution is -2.23. The molecule has 0 saturated heterocycles. The number of hydrogen-bond acceptors (Lipinski definition) is 6. The van der Waals surface area contributed by atoms with Gasteiger partial charge in [0.25, 0.3) is 11.8 Å². The first-order chi connectivity index (χ1) is 18.9. The van der Waals surface area contributed by atoms with E-state index in [-0.39, 0.29) is 17.8 Å². The average molecular weight is 533 g/mol. The predicted molar refractivity (Wildman–Crippen MR) is 150 cm³/mol. The summed E-state index contributed by atoms with van der Waals surface area (Å²) in [7, 11) is 1.53. The highest BCUT2D eigenvalue weighted by Gasteiger charge is 2.13. The van der Waals surface area contributed by atoms with Crippen LogP contribution in [0.25, 0.3) is 0 Å². The molecular formula is C31H36N2O6. The van der Waals surface area contributed by atoms with Crippen LogP contribution in [0.3, 0.4) is 0 Å². The minimum Gasteiger partial charge on any atom is -0.496 e. The SMILES string of the molecule is CCOC(=O)CCCCCOc1cc(C)ccc1NC(=O)c1ccc(CNC(=O)c2ccccc2OC)cc1. The molecule has 39 heavy (non-hydrogen) atoms. The molecule has 0 aromatic heterocycles. The van der Waals surface area contributed by atoms with Crippen LogP contribution in [0.15, 0.2) is 66.7 Å². The third-order valence-corrected chi connectivity index (χ3v) is 5.99. The van der Waals surface area contributed by atoms with Crippen molar-refractivity contribution in [2.24, 2.45) is 0 Å². The second-order valence-electron chi connectivity index (χ2n) is 9.00. The molecule has 206 valence electrons. The molecule has 3 aromatic carbocycles. The van der Waals surface area contributed by atoms with Gasteiger partial charge in [-0.3, -0.25) is 14.4 Å². The standard InChI is InChI=1S/C31H36N2O6/c1-4-38-29(34)12-6-5-9-19-39-28-20-22(2)13-18-26(28)33-30(35)24-16-14-23(15-17-24)21-32-31(36)25-10-7-8-11-27(25)37-3/h7-8,10-11,13-18,20H,4-6,9,12,19,21H2,1-3H3,(H,32,36)(H,33,35). The van der Waals surface area contributed by atoms with Gasteiger partial charge in [-0.15, -0.1) is 0 Å². The van der Waals surface area contributed by atoms with E-state index >= 15 is 0 Å². The van der Waals surface area contributed by atoms with Gasteiger partial charge >= 0.3 is 5.97 Å². The summed E-state index contributed by atoms with van der Waals surface area (Å²) in [4.78, 5) is 36.9. The van der Waals surface area contributed by atoms with Crippen LogP contribution in [0.5, 0.6) is 11.5 Å². The summed E-state index contributed by atoms with van der Waals surface area (Å²) in [5, 5.41) is 5.81. The summed E-state index contributed by atoms with van der Waals surface area (Å²) >= 11 is 0. The van der Waals surface area contributed by atoms with Gasteiger partial charge in [0.1, 0.15) is 11.5 Å². The highest BCUT2D eigenvalue weighted by atomic mass is 16.5. The second kappa shape index (κ2) is 15.2. The third-order valence-electron chi connectivity index (χ3n) is 5.99. The Labute approximate surface area is 229 Å². The minimum atomic E-state index is -0.261. The first-order valence-electron chi connectivity index (χ1n) is 13.1. The van der Waals surface area contributed by atoms with Gasteiger partial charge in [-0.25, -0.2) is 0 Å². The molecule has 0 saturated carbocycles. The smallest absolute Gasteiger partial charge is 0.305 e. The molecule has 0 heterocycles. The molecule has 0 bridgehead atoms. The number of unbranched alkanes of at least 4 members (excludes halogenated alkanes) is 2. The van der Waals surface area contributed by atoms with E-state index in [2.05, 4.69) is 10.6 Å². The number of carbonyl (C=O) groups is 3. The number of para-hydroxylation sites is 1. The molecule has 0 aliphatic heterocycles. The fourth-order valence-electron chi connectivity index (χ4n) is 3.89. The molecule has 3 rings (SSSR count). The maximum Gasteiger partial charge on any atom is 0.305 e. The van der Waals surface area contributed by atoms with Crippen molar-refractivity contribution < 1.29 is 28.6 Å². The van der Waals surface area contributed by atoms with Crippen molar-refractivity contribution in [2.75, 3.05) is 25.6 Å². The zero-order valence-corrected chi connectivity index (χ0v) is 22.8. The summed E-state index contributed by atoms with van der Waals surface area (Å²) < 4.78 is 16.1. The zero-order valence-electron chi connectivity index (χ0n) is 22.8. The van der Waals surface area contributed by atoms with Crippen LogP contribution in [0.1, 0.15) is 64.4 Å². The van der Waals surface area contributed by atoms with Crippen molar-refractivity contribution in [3.8, 4) is 11.5 Å². The number of aryl methyl sites for hydroxylation is 1. The van der Waals surface area contributed by atoms with E-state index < -0.39 is 0 Å². The largest absolute Gasteiger partial charge is 0.496 e. The molecule has 0 radical (unpaired) electrons. The summed E-state index contributed by atoms with van der Waals surface area (Å²) in [6.07, 6.45) is 2.79. The molecule has 0 aliphatic carbocycles. The summed E-state index contributed by atoms with van der Waals surface area (Å²) in [6.45, 7) is 4.95. The van der Waals surface area contributed by atoms with Crippen molar-refractivity contribution in [1.29, 1.82) is 0 Å². The van der Waals surface area contributed by atoms with E-state index in [0.717, 1.165) is 30.4 Å². The van der Waals surface area contributed by atoms with E-state index in [0.29, 0.717) is 54.5 Å². The Kier molecular flexibility index (Phi) is 11.4. The number of nitrogens with one attached hydrogen (secondary N) is 2. The number of benzene rings is 3. The van der Waals surface area contributed by atoms with Gasteiger partial charge < -0.3 is 24.8 Å². The van der Waals surface area contributed by atoms with Crippen LogP contribution in [-0.2, 0) is 16.1 Å². The highest BCUT2D eigenvalue weighted by molar-refractivity contribution is 6.05. The van der Waals surface area contributed by atoms with Gasteiger partial charge in [0.15, 0.2) is 0 Å². The van der Waals surface area contributed by atoms with Crippen LogP contribution in [0.4, 0.5) is 5.69 Å². The Morgan fingerprint density at radius 2 is 1.62 bits per heavy atom. The lowest BCUT2D eigenvalue weighted by Gasteiger charge is -2.14. The molecule has 0 fully saturated rings. The van der Waals surface area contributed by atoms with Crippen molar-refractivity contribution in [2.45, 2.75) is 46.1 Å². The van der Waals surface area contributed by atoms with Crippen LogP contribution in [-0.4, -0.2) is 38.1 Å². The lowest BCUT2D eigenvalue weighted by molar-refractivity contribution is -0.143. The number of methoxy groups -OCH3 is 1. The van der Waals surface area contributed by atoms with Gasteiger partial charge in [0.05, 0.1) is 31.6 Å². The quantitative estimate of drug-likeness (QED) is 0.204. The number of ether oxygens (including phenoxy) is 3. The van der Waals surface area contributed by atoms with Crippen LogP contribution in [0.2, 0.25) is 0 Å². The Hall–Kier alpha value is -4.33. The Balaban J connectivity index is 1.51. The number of hydrogen-bond donors (Lipinski definition) is 2. The molecule has 2 amide bonds. The Morgan fingerprint density at radius 3 is 2.36 bits per heavy atom. The molecule has 0 spiro atoms. The molecular weight excluding hydrogens is 496 g/mol. The first kappa shape index (κ1) is 29.2. The first-order valence-corrected chi connectivity index (χ1v) is 13.1. The number of anilines is 1. The topological polar surface area (TPSA) is 103 Å². The third kappa shape index (κ3) is 9.17. The molecule has 0 unspecified atom stereocenters. The fraction of sp³-hybridized carbons (Fsp3) is 0.323. The lowest BCUT2D eigenvalue weighted by atomic mass is 10.1. The van der Waals surface area contributed by atoms with E-state index in [1.54, 1.807) is 49.4 Å². The van der Waals surface area contributed by atoms with Crippen molar-refractivity contribution in [3.63, 3.8) is 0 Å². The Bertz CT molecular complexity index is 1260. The molecule has 3 aromatic rings. The van der Waals surface area contributed by atoms with Crippen molar-refractivity contribution >= 4 is 23.5 Å². The normalized spacial score (nSPS) is 10.4. The molecule has 0 atom stereocenters. The predicted octanol–water partition coefficient (Wildman–Crippen LogP) is 5.69. The second-order valence-corrected chi connectivity index (χ2v) is 9.00. The average Bonchev–Trinajstić information content (AvgIpc) is 2.95. The van der Waals surface area contributed by atoms with Gasteiger partial charge in [-0.1, -0.05) is 30.3 Å². The van der Waals surface area contributed by atoms with Crippen LogP contribution < -0.4 is 20.1 Å². The van der Waals surface area contributed by atoms with Gasteiger partial charge in [0, 0.05) is 18.5 Å². The maximum atomic E-state index is 12.9. The number of carbonyl (C=O) groups excluding carboxylic acids is 3. The van der Waals surface area contributed by atoms with Crippen molar-refractivity contribution in [1.82, 2.24) is 5.32 Å². The fourth-order valence-corrected chi connectivity index (χ4v) is 3.89. The molecule has 2 N–H and O–H groups in total. The van der Waals surface area contributed by atoms with E-state index in [9.17, 15) is 14.4 Å². The summed E-state index contributed by atoms with van der Waals surface area (Å²) in [5.74, 6) is 0.440. The van der Waals surface area contributed by atoms with Crippen LogP contribution in [0, 0.1) is 6.92 Å². The van der Waals surface area contributed by atoms with E-state index in [1.807, 2.05) is 31.2 Å². The number of esters is 1. The van der Waals surface area contributed by atoms with Crippen molar-refractivity contribution in [3.05, 3.63) is 89.0 Å². The zero-order chi connectivity index (χ0) is 28.0. The monoisotopic (exact) mass is 532 g/mol. The number of rotatable bonds is 14. The maximum absolute atomic E-state index is 12.9. The van der Waals surface area contributed by atoms with Crippen LogP contribution >= 0.6 is 0 Å². The van der Waals surface area contributed by atoms with Gasteiger partial charge in [0.2, 0.25) is 0 Å². The molecule has 0 aliphatic rings. The minimum absolute atomic E-state index is 0.173. The highest BCUT2D eigenvalue weighted by Crippen LogP contribution is 2.27. The number of amides is 2. The van der Waals surface area contributed by atoms with Gasteiger partial charge in [-0.2, -0.15) is 0 Å². The Morgan fingerprint density at radius 1 is 0.846 bits per heavy atom. The molecule has 8 nitrogen and oxygen atoms in total. The summed E-state index contributed by atoms with van der Waals surface area (Å²) in [5.41, 5.74) is 3.41. The summed E-state index contributed by atoms with van der Waals surface area (Å²) in [6, 6.07) is 19.7. The van der Waals surface area contributed by atoms with E-state index in [4.69, 9.17) is 14.2 Å². The van der Waals surface area contributed by atoms with Gasteiger partial charge in [-0.05, 0) is 80.6 Å². The van der Waals surface area contributed by atoms with E-state index in [1.165, 1.54) is 7.11 Å². The molecule has 8 heteroatoms.